The van der Waals surface area contributed by atoms with Gasteiger partial charge in [0, 0.05) is 38.2 Å². The van der Waals surface area contributed by atoms with Crippen LogP contribution in [0, 0.1) is 0 Å². The Morgan fingerprint density at radius 1 is 1.24 bits per heavy atom. The van der Waals surface area contributed by atoms with Crippen LogP contribution in [-0.4, -0.2) is 43.4 Å². The van der Waals surface area contributed by atoms with Crippen molar-refractivity contribution in [2.24, 2.45) is 0 Å². The average molecular weight is 312 g/mol. The van der Waals surface area contributed by atoms with E-state index in [1.54, 1.807) is 0 Å². The Morgan fingerprint density at radius 2 is 1.95 bits per heavy atom. The molecule has 0 saturated carbocycles. The zero-order valence-corrected chi connectivity index (χ0v) is 13.0. The Kier molecular flexibility index (Phi) is 7.19. The summed E-state index contributed by atoms with van der Waals surface area (Å²) < 4.78 is 0. The quantitative estimate of drug-likeness (QED) is 0.776. The minimum absolute atomic E-state index is 0. The van der Waals surface area contributed by atoms with E-state index in [0.29, 0.717) is 25.1 Å². The van der Waals surface area contributed by atoms with Gasteiger partial charge >= 0.3 is 0 Å². The minimum atomic E-state index is -0.0657. The molecule has 1 aromatic carbocycles. The first-order chi connectivity index (χ1) is 9.70. The topological polar surface area (TPSA) is 61.4 Å². The maximum atomic E-state index is 11.8. The molecule has 0 unspecified atom stereocenters. The highest BCUT2D eigenvalue weighted by atomic mass is 35.5. The van der Waals surface area contributed by atoms with Crippen LogP contribution in [0.4, 0.5) is 0 Å². The molecule has 0 aliphatic carbocycles. The molecular formula is C15H22ClN3O2. The van der Waals surface area contributed by atoms with E-state index in [1.165, 1.54) is 0 Å². The van der Waals surface area contributed by atoms with E-state index in [2.05, 4.69) is 10.6 Å². The van der Waals surface area contributed by atoms with Gasteiger partial charge in [0.05, 0.1) is 0 Å². The fraction of sp³-hybridized carbons (Fsp3) is 0.467. The molecule has 1 aliphatic rings. The first kappa shape index (κ1) is 17.5. The first-order valence-electron chi connectivity index (χ1n) is 7.00. The number of nitrogens with one attached hydrogen (secondary N) is 2. The molecule has 2 N–H and O–H groups in total. The molecule has 1 aromatic rings. The summed E-state index contributed by atoms with van der Waals surface area (Å²) >= 11 is 0. The van der Waals surface area contributed by atoms with E-state index in [-0.39, 0.29) is 24.2 Å². The largest absolute Gasteiger partial charge is 0.351 e. The Bertz CT molecular complexity index is 476. The highest BCUT2D eigenvalue weighted by molar-refractivity contribution is 5.94. The van der Waals surface area contributed by atoms with Crippen molar-refractivity contribution < 1.29 is 9.59 Å². The van der Waals surface area contributed by atoms with Gasteiger partial charge in [-0.2, -0.15) is 0 Å². The zero-order chi connectivity index (χ0) is 14.4. The highest BCUT2D eigenvalue weighted by Gasteiger charge is 2.19. The Balaban J connectivity index is 0.00000220. The zero-order valence-electron chi connectivity index (χ0n) is 12.2. The summed E-state index contributed by atoms with van der Waals surface area (Å²) in [5, 5.41) is 5.81. The fourth-order valence-electron chi connectivity index (χ4n) is 2.26. The lowest BCUT2D eigenvalue weighted by atomic mass is 10.1. The number of rotatable bonds is 6. The fourth-order valence-corrected chi connectivity index (χ4v) is 2.26. The number of hydrogen-bond donors (Lipinski definition) is 2. The van der Waals surface area contributed by atoms with E-state index in [4.69, 9.17) is 0 Å². The van der Waals surface area contributed by atoms with Crippen LogP contribution in [0.2, 0.25) is 0 Å². The predicted octanol–water partition coefficient (Wildman–Crippen LogP) is 1.18. The second-order valence-corrected chi connectivity index (χ2v) is 4.98. The summed E-state index contributed by atoms with van der Waals surface area (Å²) in [4.78, 5) is 25.2. The van der Waals surface area contributed by atoms with Crippen molar-refractivity contribution in [3.63, 3.8) is 0 Å². The second kappa shape index (κ2) is 8.64. The molecule has 1 saturated heterocycles. The number of nitrogens with zero attached hydrogens (tertiary/aromatic N) is 1. The number of carbonyl (C=O) groups is 2. The summed E-state index contributed by atoms with van der Waals surface area (Å²) in [7, 11) is 1.85. The molecule has 0 bridgehead atoms. The lowest BCUT2D eigenvalue weighted by Gasteiger charge is -2.15. The van der Waals surface area contributed by atoms with Crippen LogP contribution in [0.1, 0.15) is 28.8 Å². The predicted molar refractivity (Wildman–Crippen MR) is 84.6 cm³/mol. The third kappa shape index (κ3) is 5.02. The molecule has 116 valence electrons. The van der Waals surface area contributed by atoms with Gasteiger partial charge in [0.15, 0.2) is 0 Å². The number of likely N-dealkylation sites (tertiary alicyclic amines) is 1. The molecule has 6 heteroatoms. The summed E-state index contributed by atoms with van der Waals surface area (Å²) in [5.41, 5.74) is 1.71. The van der Waals surface area contributed by atoms with Crippen LogP contribution >= 0.6 is 12.4 Å². The average Bonchev–Trinajstić information content (AvgIpc) is 2.85. The van der Waals surface area contributed by atoms with Crippen molar-refractivity contribution in [3.05, 3.63) is 35.4 Å². The van der Waals surface area contributed by atoms with E-state index in [0.717, 1.165) is 25.1 Å². The molecule has 5 nitrogen and oxygen atoms in total. The normalized spacial score (nSPS) is 14.0. The van der Waals surface area contributed by atoms with Gasteiger partial charge in [-0.15, -0.1) is 12.4 Å². The van der Waals surface area contributed by atoms with Crippen molar-refractivity contribution in [1.82, 2.24) is 15.5 Å². The summed E-state index contributed by atoms with van der Waals surface area (Å²) in [5.74, 6) is 0.155. The molecule has 1 heterocycles. The SMILES string of the molecule is CNCCNC(=O)c1ccc(CN2CCCC2=O)cc1.Cl. The van der Waals surface area contributed by atoms with Gasteiger partial charge in [0.25, 0.3) is 5.91 Å². The highest BCUT2D eigenvalue weighted by Crippen LogP contribution is 2.14. The standard InChI is InChI=1S/C15H21N3O2.ClH/c1-16-8-9-17-15(20)13-6-4-12(5-7-13)11-18-10-2-3-14(18)19;/h4-7,16H,2-3,8-11H2,1H3,(H,17,20);1H. The maximum absolute atomic E-state index is 11.8. The number of halogens is 1. The van der Waals surface area contributed by atoms with Crippen molar-refractivity contribution in [2.45, 2.75) is 19.4 Å². The Hall–Kier alpha value is -1.59. The van der Waals surface area contributed by atoms with Crippen molar-refractivity contribution in [1.29, 1.82) is 0 Å². The van der Waals surface area contributed by atoms with Crippen molar-refractivity contribution in [3.8, 4) is 0 Å². The van der Waals surface area contributed by atoms with E-state index < -0.39 is 0 Å². The van der Waals surface area contributed by atoms with Gasteiger partial charge in [-0.25, -0.2) is 0 Å². The monoisotopic (exact) mass is 311 g/mol. The maximum Gasteiger partial charge on any atom is 0.251 e. The molecule has 1 fully saturated rings. The van der Waals surface area contributed by atoms with Crippen LogP contribution in [-0.2, 0) is 11.3 Å². The lowest BCUT2D eigenvalue weighted by Crippen LogP contribution is -2.30. The lowest BCUT2D eigenvalue weighted by molar-refractivity contribution is -0.128. The van der Waals surface area contributed by atoms with Crippen molar-refractivity contribution in [2.75, 3.05) is 26.7 Å². The van der Waals surface area contributed by atoms with Gasteiger partial charge < -0.3 is 15.5 Å². The smallest absolute Gasteiger partial charge is 0.251 e. The molecule has 0 radical (unpaired) electrons. The molecular weight excluding hydrogens is 290 g/mol. The van der Waals surface area contributed by atoms with Crippen LogP contribution in [0.25, 0.3) is 0 Å². The summed E-state index contributed by atoms with van der Waals surface area (Å²) in [6.45, 7) is 2.84. The summed E-state index contributed by atoms with van der Waals surface area (Å²) in [6, 6.07) is 7.45. The third-order valence-electron chi connectivity index (χ3n) is 3.42. The molecule has 2 amide bonds. The van der Waals surface area contributed by atoms with E-state index in [1.807, 2.05) is 36.2 Å². The van der Waals surface area contributed by atoms with Crippen molar-refractivity contribution >= 4 is 24.2 Å². The van der Waals surface area contributed by atoms with Gasteiger partial charge in [-0.3, -0.25) is 9.59 Å². The molecule has 0 spiro atoms. The van der Waals surface area contributed by atoms with E-state index >= 15 is 0 Å². The van der Waals surface area contributed by atoms with Crippen LogP contribution in [0.15, 0.2) is 24.3 Å². The Morgan fingerprint density at radius 3 is 2.52 bits per heavy atom. The molecule has 2 rings (SSSR count). The van der Waals surface area contributed by atoms with Crippen LogP contribution in [0.5, 0.6) is 0 Å². The van der Waals surface area contributed by atoms with Gasteiger partial charge in [-0.1, -0.05) is 12.1 Å². The molecule has 0 aromatic heterocycles. The molecule has 1 aliphatic heterocycles. The molecule has 21 heavy (non-hydrogen) atoms. The second-order valence-electron chi connectivity index (χ2n) is 4.98. The van der Waals surface area contributed by atoms with Gasteiger partial charge in [0.1, 0.15) is 0 Å². The third-order valence-corrected chi connectivity index (χ3v) is 3.42. The number of carbonyl (C=O) groups excluding carboxylic acids is 2. The Labute approximate surface area is 131 Å². The van der Waals surface area contributed by atoms with Crippen LogP contribution < -0.4 is 10.6 Å². The molecule has 0 atom stereocenters. The van der Waals surface area contributed by atoms with Crippen LogP contribution in [0.3, 0.4) is 0 Å². The minimum Gasteiger partial charge on any atom is -0.351 e. The number of benzene rings is 1. The van der Waals surface area contributed by atoms with Gasteiger partial charge in [-0.05, 0) is 31.2 Å². The first-order valence-corrected chi connectivity index (χ1v) is 7.00. The number of likely N-dealkylation sites (N-methyl/N-ethyl adjacent to an activating group) is 1. The summed E-state index contributed by atoms with van der Waals surface area (Å²) in [6.07, 6.45) is 1.61. The number of amides is 2. The van der Waals surface area contributed by atoms with Gasteiger partial charge in [0.2, 0.25) is 5.91 Å². The number of hydrogen-bond acceptors (Lipinski definition) is 3. The van der Waals surface area contributed by atoms with E-state index in [9.17, 15) is 9.59 Å².